The molecule has 0 bridgehead atoms. The van der Waals surface area contributed by atoms with Crippen molar-refractivity contribution in [3.05, 3.63) is 47.3 Å². The lowest BCUT2D eigenvalue weighted by atomic mass is 10.1. The molecule has 1 aromatic carbocycles. The van der Waals surface area contributed by atoms with E-state index >= 15 is 0 Å². The van der Waals surface area contributed by atoms with Crippen LogP contribution >= 0.6 is 24.0 Å². The van der Waals surface area contributed by atoms with Gasteiger partial charge in [-0.3, -0.25) is 4.68 Å². The van der Waals surface area contributed by atoms with E-state index in [0.29, 0.717) is 13.2 Å². The van der Waals surface area contributed by atoms with Crippen LogP contribution < -0.4 is 10.1 Å². The van der Waals surface area contributed by atoms with Gasteiger partial charge in [-0.15, -0.1) is 24.0 Å². The summed E-state index contributed by atoms with van der Waals surface area (Å²) in [4.78, 5) is 6.88. The van der Waals surface area contributed by atoms with Gasteiger partial charge in [-0.25, -0.2) is 4.99 Å². The molecule has 6 nitrogen and oxygen atoms in total. The fourth-order valence-corrected chi connectivity index (χ4v) is 2.67. The van der Waals surface area contributed by atoms with Crippen molar-refractivity contribution in [3.8, 4) is 5.75 Å². The summed E-state index contributed by atoms with van der Waals surface area (Å²) in [6, 6.07) is 6.24. The number of benzene rings is 1. The molecule has 1 N–H and O–H groups in total. The van der Waals surface area contributed by atoms with Gasteiger partial charge in [-0.2, -0.15) is 5.10 Å². The zero-order valence-electron chi connectivity index (χ0n) is 16.3. The van der Waals surface area contributed by atoms with Gasteiger partial charge in [-0.1, -0.05) is 12.1 Å². The minimum absolute atomic E-state index is 0. The van der Waals surface area contributed by atoms with E-state index < -0.39 is 0 Å². The average molecular weight is 471 g/mol. The summed E-state index contributed by atoms with van der Waals surface area (Å²) in [5.74, 6) is 1.83. The second kappa shape index (κ2) is 11.1. The Morgan fingerprint density at radius 1 is 1.31 bits per heavy atom. The number of hydrogen-bond donors (Lipinski definition) is 1. The molecule has 0 aliphatic heterocycles. The number of nitrogens with one attached hydrogen (secondary N) is 1. The van der Waals surface area contributed by atoms with Crippen LogP contribution in [0.25, 0.3) is 0 Å². The Balaban J connectivity index is 0.00000338. The summed E-state index contributed by atoms with van der Waals surface area (Å²) in [7, 11) is 3.97. The number of nitrogens with zero attached hydrogens (tertiary/aromatic N) is 4. The summed E-state index contributed by atoms with van der Waals surface area (Å²) < 4.78 is 7.41. The van der Waals surface area contributed by atoms with Gasteiger partial charge in [0, 0.05) is 38.9 Å². The monoisotopic (exact) mass is 471 g/mol. The molecule has 2 rings (SSSR count). The van der Waals surface area contributed by atoms with Gasteiger partial charge < -0.3 is 15.0 Å². The molecule has 0 atom stereocenters. The van der Waals surface area contributed by atoms with Crippen molar-refractivity contribution in [2.24, 2.45) is 12.0 Å². The van der Waals surface area contributed by atoms with Gasteiger partial charge in [0.2, 0.25) is 0 Å². The van der Waals surface area contributed by atoms with E-state index in [1.165, 1.54) is 5.56 Å². The Morgan fingerprint density at radius 3 is 2.65 bits per heavy atom. The quantitative estimate of drug-likeness (QED) is 0.383. The fourth-order valence-electron chi connectivity index (χ4n) is 2.67. The van der Waals surface area contributed by atoms with Gasteiger partial charge in [0.15, 0.2) is 5.96 Å². The first-order chi connectivity index (χ1) is 12.0. The Morgan fingerprint density at radius 2 is 2.08 bits per heavy atom. The van der Waals surface area contributed by atoms with E-state index in [4.69, 9.17) is 9.73 Å². The molecule has 0 saturated heterocycles. The van der Waals surface area contributed by atoms with Crippen molar-refractivity contribution in [2.75, 3.05) is 20.2 Å². The van der Waals surface area contributed by atoms with Crippen molar-refractivity contribution in [1.29, 1.82) is 0 Å². The first-order valence-electron chi connectivity index (χ1n) is 8.72. The highest BCUT2D eigenvalue weighted by molar-refractivity contribution is 14.0. The third kappa shape index (κ3) is 6.51. The molecule has 0 aliphatic carbocycles. The molecule has 0 radical (unpaired) electrons. The summed E-state index contributed by atoms with van der Waals surface area (Å²) in [6.45, 7) is 9.06. The topological polar surface area (TPSA) is 54.7 Å². The lowest BCUT2D eigenvalue weighted by Crippen LogP contribution is -2.38. The number of guanidine groups is 1. The summed E-state index contributed by atoms with van der Waals surface area (Å²) in [6.07, 6.45) is 3.91. The Hall–Kier alpha value is -1.77. The first-order valence-corrected chi connectivity index (χ1v) is 8.72. The Bertz CT molecular complexity index is 714. The van der Waals surface area contributed by atoms with Crippen molar-refractivity contribution in [1.82, 2.24) is 20.0 Å². The molecule has 0 saturated carbocycles. The summed E-state index contributed by atoms with van der Waals surface area (Å²) in [5.41, 5.74) is 3.47. The van der Waals surface area contributed by atoms with Crippen LogP contribution in [-0.4, -0.2) is 40.8 Å². The molecule has 1 heterocycles. The molecule has 26 heavy (non-hydrogen) atoms. The Labute approximate surface area is 173 Å². The normalized spacial score (nSPS) is 11.0. The number of aromatic nitrogens is 2. The lowest BCUT2D eigenvalue weighted by Gasteiger charge is -2.21. The van der Waals surface area contributed by atoms with E-state index in [-0.39, 0.29) is 24.0 Å². The predicted octanol–water partition coefficient (Wildman–Crippen LogP) is 3.34. The van der Waals surface area contributed by atoms with E-state index in [1.54, 1.807) is 0 Å². The van der Waals surface area contributed by atoms with Crippen LogP contribution in [0.15, 0.2) is 35.6 Å². The third-order valence-corrected chi connectivity index (χ3v) is 3.83. The number of aliphatic imine (C=N–C) groups is 1. The largest absolute Gasteiger partial charge is 0.494 e. The molecule has 144 valence electrons. The predicted molar refractivity (Wildman–Crippen MR) is 117 cm³/mol. The highest BCUT2D eigenvalue weighted by Gasteiger charge is 2.08. The first kappa shape index (κ1) is 22.3. The molecular weight excluding hydrogens is 441 g/mol. The van der Waals surface area contributed by atoms with Crippen LogP contribution in [0.5, 0.6) is 5.75 Å². The van der Waals surface area contributed by atoms with E-state index in [0.717, 1.165) is 35.9 Å². The molecule has 1 aromatic heterocycles. The van der Waals surface area contributed by atoms with Crippen LogP contribution in [0.3, 0.4) is 0 Å². The molecule has 2 aromatic rings. The van der Waals surface area contributed by atoms with Gasteiger partial charge in [-0.05, 0) is 38.0 Å². The molecule has 0 fully saturated rings. The zero-order chi connectivity index (χ0) is 18.2. The maximum atomic E-state index is 5.60. The highest BCUT2D eigenvalue weighted by Crippen LogP contribution is 2.19. The second-order valence-corrected chi connectivity index (χ2v) is 6.08. The van der Waals surface area contributed by atoms with Gasteiger partial charge in [0.05, 0.1) is 19.3 Å². The van der Waals surface area contributed by atoms with Gasteiger partial charge in [0.1, 0.15) is 5.75 Å². The maximum Gasteiger partial charge on any atom is 0.194 e. The zero-order valence-corrected chi connectivity index (χ0v) is 18.7. The number of ether oxygens (including phenoxy) is 1. The average Bonchev–Trinajstić information content (AvgIpc) is 2.98. The summed E-state index contributed by atoms with van der Waals surface area (Å²) >= 11 is 0. The van der Waals surface area contributed by atoms with Crippen LogP contribution in [0.2, 0.25) is 0 Å². The molecule has 0 aliphatic rings. The minimum Gasteiger partial charge on any atom is -0.494 e. The Kier molecular flexibility index (Phi) is 9.47. The van der Waals surface area contributed by atoms with Gasteiger partial charge >= 0.3 is 0 Å². The SMILES string of the molecule is CCNC(=NCc1ccc(OCC)c(C)c1)N(C)Cc1cnn(C)c1.I. The third-order valence-electron chi connectivity index (χ3n) is 3.83. The number of aryl methyl sites for hydroxylation is 2. The van der Waals surface area contributed by atoms with Gasteiger partial charge in [0.25, 0.3) is 0 Å². The lowest BCUT2D eigenvalue weighted by molar-refractivity contribution is 0.338. The van der Waals surface area contributed by atoms with E-state index in [1.807, 2.05) is 44.2 Å². The number of hydrogen-bond acceptors (Lipinski definition) is 3. The molecule has 0 unspecified atom stereocenters. The standard InChI is InChI=1S/C19H29N5O.HI/c1-6-20-19(23(4)13-17-12-22-24(5)14-17)21-11-16-8-9-18(25-7-2)15(3)10-16;/h8-10,12,14H,6-7,11,13H2,1-5H3,(H,20,21);1H. The van der Waals surface area contributed by atoms with Crippen molar-refractivity contribution < 1.29 is 4.74 Å². The number of halogens is 1. The number of rotatable bonds is 7. The van der Waals surface area contributed by atoms with Crippen LogP contribution in [0.1, 0.15) is 30.5 Å². The van der Waals surface area contributed by atoms with E-state index in [2.05, 4.69) is 41.3 Å². The van der Waals surface area contributed by atoms with Crippen LogP contribution in [0, 0.1) is 6.92 Å². The van der Waals surface area contributed by atoms with Crippen molar-refractivity contribution in [2.45, 2.75) is 33.9 Å². The van der Waals surface area contributed by atoms with E-state index in [9.17, 15) is 0 Å². The van der Waals surface area contributed by atoms with Crippen molar-refractivity contribution >= 4 is 29.9 Å². The van der Waals surface area contributed by atoms with Crippen LogP contribution in [0.4, 0.5) is 0 Å². The summed E-state index contributed by atoms with van der Waals surface area (Å²) in [5, 5.41) is 7.57. The van der Waals surface area contributed by atoms with Crippen molar-refractivity contribution in [3.63, 3.8) is 0 Å². The minimum atomic E-state index is 0. The molecule has 7 heteroatoms. The molecule has 0 spiro atoms. The fraction of sp³-hybridized carbons (Fsp3) is 0.474. The molecular formula is C19H30IN5O. The maximum absolute atomic E-state index is 5.60. The van der Waals surface area contributed by atoms with Crippen LogP contribution in [-0.2, 0) is 20.1 Å². The second-order valence-electron chi connectivity index (χ2n) is 6.08. The molecule has 0 amide bonds. The smallest absolute Gasteiger partial charge is 0.194 e. The highest BCUT2D eigenvalue weighted by atomic mass is 127.